The summed E-state index contributed by atoms with van der Waals surface area (Å²) in [6, 6.07) is 2.23. The van der Waals surface area contributed by atoms with Crippen LogP contribution in [0.1, 0.15) is 28.2 Å². The number of hydrogen-bond acceptors (Lipinski definition) is 3. The Balaban J connectivity index is 2.33. The highest BCUT2D eigenvalue weighted by atomic mass is 32.1. The van der Waals surface area contributed by atoms with Gasteiger partial charge in [-0.05, 0) is 38.3 Å². The summed E-state index contributed by atoms with van der Waals surface area (Å²) in [6.45, 7) is 4.93. The average molecular weight is 211 g/mol. The van der Waals surface area contributed by atoms with Crippen molar-refractivity contribution in [2.75, 3.05) is 6.54 Å². The number of thiophene rings is 1. The van der Waals surface area contributed by atoms with E-state index in [0.717, 1.165) is 12.8 Å². The van der Waals surface area contributed by atoms with Gasteiger partial charge < -0.3 is 10.8 Å². The Bertz CT molecular complexity index is 339. The number of hydrogen-bond donors (Lipinski definition) is 2. The van der Waals surface area contributed by atoms with Crippen LogP contribution in [0.25, 0.3) is 0 Å². The van der Waals surface area contributed by atoms with Crippen molar-refractivity contribution in [3.8, 4) is 0 Å². The van der Waals surface area contributed by atoms with E-state index in [9.17, 15) is 5.11 Å². The third kappa shape index (κ3) is 1.40. The fraction of sp³-hybridized carbons (Fsp3) is 0.636. The first-order valence-corrected chi connectivity index (χ1v) is 5.85. The maximum atomic E-state index is 9.42. The summed E-state index contributed by atoms with van der Waals surface area (Å²) >= 11 is 1.82. The van der Waals surface area contributed by atoms with Crippen LogP contribution in [0.15, 0.2) is 6.07 Å². The minimum absolute atomic E-state index is 0.0776. The van der Waals surface area contributed by atoms with E-state index in [1.54, 1.807) is 0 Å². The molecular formula is C11H17NOS. The van der Waals surface area contributed by atoms with Crippen LogP contribution < -0.4 is 5.73 Å². The number of aliphatic hydroxyl groups is 1. The molecule has 0 saturated heterocycles. The van der Waals surface area contributed by atoms with Gasteiger partial charge in [-0.3, -0.25) is 0 Å². The summed E-state index contributed by atoms with van der Waals surface area (Å²) < 4.78 is 0. The first-order valence-electron chi connectivity index (χ1n) is 5.03. The first kappa shape index (κ1) is 10.1. The third-order valence-electron chi connectivity index (χ3n) is 3.26. The molecule has 2 rings (SSSR count). The molecule has 0 atom stereocenters. The SMILES string of the molecule is Cc1cc(C2(CN)CC(O)C2)c(C)s1. The van der Waals surface area contributed by atoms with E-state index in [1.165, 1.54) is 15.3 Å². The minimum Gasteiger partial charge on any atom is -0.393 e. The Morgan fingerprint density at radius 2 is 2.21 bits per heavy atom. The normalized spacial score (nSPS) is 31.6. The van der Waals surface area contributed by atoms with Crippen molar-refractivity contribution < 1.29 is 5.11 Å². The zero-order chi connectivity index (χ0) is 10.3. The highest BCUT2D eigenvalue weighted by Crippen LogP contribution is 2.46. The van der Waals surface area contributed by atoms with Gasteiger partial charge in [-0.2, -0.15) is 0 Å². The zero-order valence-corrected chi connectivity index (χ0v) is 9.53. The Kier molecular flexibility index (Phi) is 2.41. The highest BCUT2D eigenvalue weighted by Gasteiger charge is 2.44. The van der Waals surface area contributed by atoms with Gasteiger partial charge in [0, 0.05) is 21.7 Å². The van der Waals surface area contributed by atoms with Crippen LogP contribution in [0.4, 0.5) is 0 Å². The lowest BCUT2D eigenvalue weighted by atomic mass is 9.63. The molecule has 1 heterocycles. The molecule has 3 heteroatoms. The number of rotatable bonds is 2. The van der Waals surface area contributed by atoms with Gasteiger partial charge in [0.1, 0.15) is 0 Å². The molecule has 0 spiro atoms. The lowest BCUT2D eigenvalue weighted by Crippen LogP contribution is -2.49. The van der Waals surface area contributed by atoms with Crippen LogP contribution in [0.3, 0.4) is 0 Å². The summed E-state index contributed by atoms with van der Waals surface area (Å²) in [5.74, 6) is 0. The molecule has 0 amide bonds. The molecule has 1 aliphatic rings. The second kappa shape index (κ2) is 3.33. The van der Waals surface area contributed by atoms with E-state index < -0.39 is 0 Å². The van der Waals surface area contributed by atoms with Gasteiger partial charge in [0.05, 0.1) is 6.10 Å². The molecule has 1 aliphatic carbocycles. The Hall–Kier alpha value is -0.380. The topological polar surface area (TPSA) is 46.2 Å². The summed E-state index contributed by atoms with van der Waals surface area (Å²) in [6.07, 6.45) is 1.53. The lowest BCUT2D eigenvalue weighted by Gasteiger charge is -2.45. The zero-order valence-electron chi connectivity index (χ0n) is 8.71. The molecule has 78 valence electrons. The first-order chi connectivity index (χ1) is 6.57. The predicted octanol–water partition coefficient (Wildman–Crippen LogP) is 1.72. The smallest absolute Gasteiger partial charge is 0.0558 e. The van der Waals surface area contributed by atoms with E-state index in [0.29, 0.717) is 6.54 Å². The highest BCUT2D eigenvalue weighted by molar-refractivity contribution is 7.12. The van der Waals surface area contributed by atoms with Gasteiger partial charge in [0.25, 0.3) is 0 Å². The van der Waals surface area contributed by atoms with E-state index in [2.05, 4.69) is 19.9 Å². The molecule has 0 aromatic carbocycles. The Morgan fingerprint density at radius 1 is 1.57 bits per heavy atom. The standard InChI is InChI=1S/C11H17NOS/c1-7-3-10(8(2)14-7)11(6-12)4-9(13)5-11/h3,9,13H,4-6,12H2,1-2H3. The largest absolute Gasteiger partial charge is 0.393 e. The molecule has 1 aromatic heterocycles. The third-order valence-corrected chi connectivity index (χ3v) is 4.22. The van der Waals surface area contributed by atoms with Crippen LogP contribution >= 0.6 is 11.3 Å². The molecule has 0 unspecified atom stereocenters. The molecule has 1 aromatic rings. The van der Waals surface area contributed by atoms with Crippen molar-refractivity contribution in [1.29, 1.82) is 0 Å². The number of aryl methyl sites for hydroxylation is 2. The molecule has 0 aliphatic heterocycles. The molecule has 1 fully saturated rings. The Morgan fingerprint density at radius 3 is 2.57 bits per heavy atom. The number of nitrogens with two attached hydrogens (primary N) is 1. The lowest BCUT2D eigenvalue weighted by molar-refractivity contribution is 0.0221. The molecule has 1 saturated carbocycles. The summed E-state index contributed by atoms with van der Waals surface area (Å²) in [5.41, 5.74) is 7.28. The van der Waals surface area contributed by atoms with Crippen molar-refractivity contribution in [1.82, 2.24) is 0 Å². The van der Waals surface area contributed by atoms with Crippen molar-refractivity contribution >= 4 is 11.3 Å². The van der Waals surface area contributed by atoms with Gasteiger partial charge in [-0.1, -0.05) is 0 Å². The Labute approximate surface area is 88.8 Å². The molecular weight excluding hydrogens is 194 g/mol. The number of aliphatic hydroxyl groups excluding tert-OH is 1. The van der Waals surface area contributed by atoms with Crippen LogP contribution in [0, 0.1) is 13.8 Å². The van der Waals surface area contributed by atoms with E-state index in [4.69, 9.17) is 5.73 Å². The van der Waals surface area contributed by atoms with E-state index in [1.807, 2.05) is 11.3 Å². The molecule has 2 nitrogen and oxygen atoms in total. The van der Waals surface area contributed by atoms with Gasteiger partial charge >= 0.3 is 0 Å². The molecule has 14 heavy (non-hydrogen) atoms. The maximum Gasteiger partial charge on any atom is 0.0558 e. The van der Waals surface area contributed by atoms with E-state index in [-0.39, 0.29) is 11.5 Å². The minimum atomic E-state index is -0.141. The summed E-state index contributed by atoms with van der Waals surface area (Å²) in [7, 11) is 0. The van der Waals surface area contributed by atoms with E-state index >= 15 is 0 Å². The quantitative estimate of drug-likeness (QED) is 0.782. The van der Waals surface area contributed by atoms with Crippen LogP contribution in [-0.4, -0.2) is 17.8 Å². The van der Waals surface area contributed by atoms with Gasteiger partial charge in [0.2, 0.25) is 0 Å². The molecule has 0 radical (unpaired) electrons. The van der Waals surface area contributed by atoms with Crippen molar-refractivity contribution in [3.05, 3.63) is 21.4 Å². The average Bonchev–Trinajstić information content (AvgIpc) is 2.40. The second-order valence-corrected chi connectivity index (χ2v) is 5.83. The molecule has 3 N–H and O–H groups in total. The summed E-state index contributed by atoms with van der Waals surface area (Å²) in [4.78, 5) is 2.70. The van der Waals surface area contributed by atoms with Crippen LogP contribution in [0.2, 0.25) is 0 Å². The van der Waals surface area contributed by atoms with Gasteiger partial charge in [-0.15, -0.1) is 11.3 Å². The molecule has 0 bridgehead atoms. The van der Waals surface area contributed by atoms with Crippen LogP contribution in [-0.2, 0) is 5.41 Å². The maximum absolute atomic E-state index is 9.42. The second-order valence-electron chi connectivity index (χ2n) is 4.37. The fourth-order valence-electron chi connectivity index (χ4n) is 2.50. The van der Waals surface area contributed by atoms with Gasteiger partial charge in [-0.25, -0.2) is 0 Å². The monoisotopic (exact) mass is 211 g/mol. The fourth-order valence-corrected chi connectivity index (χ4v) is 3.54. The predicted molar refractivity (Wildman–Crippen MR) is 59.8 cm³/mol. The van der Waals surface area contributed by atoms with Crippen LogP contribution in [0.5, 0.6) is 0 Å². The van der Waals surface area contributed by atoms with Gasteiger partial charge in [0.15, 0.2) is 0 Å². The van der Waals surface area contributed by atoms with Crippen molar-refractivity contribution in [3.63, 3.8) is 0 Å². The van der Waals surface area contributed by atoms with Crippen molar-refractivity contribution in [2.45, 2.75) is 38.2 Å². The summed E-state index contributed by atoms with van der Waals surface area (Å²) in [5, 5.41) is 9.42. The van der Waals surface area contributed by atoms with Crippen molar-refractivity contribution in [2.24, 2.45) is 5.73 Å².